The zero-order valence-electron chi connectivity index (χ0n) is 16.0. The van der Waals surface area contributed by atoms with E-state index in [4.69, 9.17) is 4.74 Å². The first-order valence-electron chi connectivity index (χ1n) is 9.70. The van der Waals surface area contributed by atoms with E-state index in [1.54, 1.807) is 0 Å². The molecule has 144 valence electrons. The average molecular weight is 369 g/mol. The lowest BCUT2D eigenvalue weighted by Crippen LogP contribution is -2.45. The van der Waals surface area contributed by atoms with Gasteiger partial charge in [-0.05, 0) is 38.5 Å². The standard InChI is InChI=1S/C21H27N3O3/c1-14-4-5-18-16(10-14)17(11-15(2)22-18)21(26)24-7-3-6-23(8-9-24)19-12-27-13-20(19)25/h4-5,10-11,19-20,25H,3,6-9,12-13H2,1-2H3/t19-,20-/m1/s1. The van der Waals surface area contributed by atoms with Crippen LogP contribution in [0.5, 0.6) is 0 Å². The molecule has 2 atom stereocenters. The van der Waals surface area contributed by atoms with Crippen molar-refractivity contribution in [2.75, 3.05) is 39.4 Å². The van der Waals surface area contributed by atoms with E-state index in [-0.39, 0.29) is 11.9 Å². The lowest BCUT2D eigenvalue weighted by Gasteiger charge is -2.28. The minimum absolute atomic E-state index is 0.0479. The minimum Gasteiger partial charge on any atom is -0.389 e. The molecule has 1 N–H and O–H groups in total. The van der Waals surface area contributed by atoms with Crippen LogP contribution < -0.4 is 0 Å². The second kappa shape index (κ2) is 7.54. The van der Waals surface area contributed by atoms with E-state index in [0.717, 1.165) is 53.8 Å². The monoisotopic (exact) mass is 369 g/mol. The Morgan fingerprint density at radius 1 is 1.15 bits per heavy atom. The van der Waals surface area contributed by atoms with Gasteiger partial charge in [-0.25, -0.2) is 0 Å². The van der Waals surface area contributed by atoms with Gasteiger partial charge in [0.15, 0.2) is 0 Å². The fourth-order valence-electron chi connectivity index (χ4n) is 4.17. The maximum Gasteiger partial charge on any atom is 0.254 e. The lowest BCUT2D eigenvalue weighted by molar-refractivity contribution is 0.0726. The van der Waals surface area contributed by atoms with Crippen molar-refractivity contribution < 1.29 is 14.6 Å². The molecular weight excluding hydrogens is 342 g/mol. The molecule has 6 nitrogen and oxygen atoms in total. The molecule has 2 saturated heterocycles. The summed E-state index contributed by atoms with van der Waals surface area (Å²) >= 11 is 0. The van der Waals surface area contributed by atoms with Crippen LogP contribution >= 0.6 is 0 Å². The van der Waals surface area contributed by atoms with Crippen LogP contribution in [0.3, 0.4) is 0 Å². The van der Waals surface area contributed by atoms with Gasteiger partial charge in [0.2, 0.25) is 0 Å². The molecule has 2 fully saturated rings. The number of hydrogen-bond donors (Lipinski definition) is 1. The Balaban J connectivity index is 1.56. The summed E-state index contributed by atoms with van der Waals surface area (Å²) < 4.78 is 5.40. The van der Waals surface area contributed by atoms with Crippen molar-refractivity contribution in [3.63, 3.8) is 0 Å². The second-order valence-corrected chi connectivity index (χ2v) is 7.69. The summed E-state index contributed by atoms with van der Waals surface area (Å²) in [5.74, 6) is 0.0705. The van der Waals surface area contributed by atoms with Crippen LogP contribution in [0.4, 0.5) is 0 Å². The Labute approximate surface area is 159 Å². The Kier molecular flexibility index (Phi) is 5.12. The number of benzene rings is 1. The molecule has 2 aliphatic heterocycles. The number of nitrogens with zero attached hydrogens (tertiary/aromatic N) is 3. The van der Waals surface area contributed by atoms with Crippen LogP contribution in [0.1, 0.15) is 28.0 Å². The van der Waals surface area contributed by atoms with Crippen molar-refractivity contribution >= 4 is 16.8 Å². The maximum absolute atomic E-state index is 13.3. The van der Waals surface area contributed by atoms with E-state index in [1.165, 1.54) is 0 Å². The van der Waals surface area contributed by atoms with Crippen molar-refractivity contribution in [1.29, 1.82) is 0 Å². The summed E-state index contributed by atoms with van der Waals surface area (Å²) in [5.41, 5.74) is 3.59. The highest BCUT2D eigenvalue weighted by Crippen LogP contribution is 2.23. The lowest BCUT2D eigenvalue weighted by atomic mass is 10.0. The first-order chi connectivity index (χ1) is 13.0. The minimum atomic E-state index is -0.429. The van der Waals surface area contributed by atoms with Crippen LogP contribution in [-0.2, 0) is 4.74 Å². The molecule has 1 aromatic carbocycles. The number of carbonyl (C=O) groups is 1. The van der Waals surface area contributed by atoms with E-state index in [9.17, 15) is 9.90 Å². The number of ether oxygens (including phenoxy) is 1. The number of hydrogen-bond acceptors (Lipinski definition) is 5. The van der Waals surface area contributed by atoms with Crippen LogP contribution in [0.15, 0.2) is 24.3 Å². The second-order valence-electron chi connectivity index (χ2n) is 7.69. The number of fused-ring (bicyclic) bond motifs is 1. The molecule has 1 amide bonds. The number of amides is 1. The van der Waals surface area contributed by atoms with Crippen molar-refractivity contribution in [1.82, 2.24) is 14.8 Å². The highest BCUT2D eigenvalue weighted by Gasteiger charge is 2.33. The van der Waals surface area contributed by atoms with E-state index >= 15 is 0 Å². The molecule has 3 heterocycles. The Bertz CT molecular complexity index is 854. The Hall–Kier alpha value is -2.02. The van der Waals surface area contributed by atoms with Crippen LogP contribution in [0, 0.1) is 13.8 Å². The Morgan fingerprint density at radius 2 is 2.00 bits per heavy atom. The number of pyridine rings is 1. The largest absolute Gasteiger partial charge is 0.389 e. The van der Waals surface area contributed by atoms with Gasteiger partial charge in [0.25, 0.3) is 5.91 Å². The molecule has 0 spiro atoms. The molecule has 27 heavy (non-hydrogen) atoms. The van der Waals surface area contributed by atoms with Crippen molar-refractivity contribution in [3.05, 3.63) is 41.1 Å². The van der Waals surface area contributed by atoms with Gasteiger partial charge in [-0.1, -0.05) is 11.6 Å². The summed E-state index contributed by atoms with van der Waals surface area (Å²) in [5, 5.41) is 11.0. The quantitative estimate of drug-likeness (QED) is 0.874. The molecule has 0 unspecified atom stereocenters. The third kappa shape index (κ3) is 3.70. The normalized spacial score (nSPS) is 24.3. The number of aliphatic hydroxyl groups is 1. The van der Waals surface area contributed by atoms with E-state index in [0.29, 0.717) is 19.8 Å². The van der Waals surface area contributed by atoms with Gasteiger partial charge >= 0.3 is 0 Å². The summed E-state index contributed by atoms with van der Waals surface area (Å²) in [4.78, 5) is 22.1. The fourth-order valence-corrected chi connectivity index (χ4v) is 4.17. The molecule has 4 rings (SSSR count). The third-order valence-electron chi connectivity index (χ3n) is 5.63. The average Bonchev–Trinajstić information content (AvgIpc) is 2.93. The number of aromatic nitrogens is 1. The van der Waals surface area contributed by atoms with Crippen LogP contribution in [0.2, 0.25) is 0 Å². The number of carbonyl (C=O) groups excluding carboxylic acids is 1. The third-order valence-corrected chi connectivity index (χ3v) is 5.63. The fraction of sp³-hybridized carbons (Fsp3) is 0.524. The summed E-state index contributed by atoms with van der Waals surface area (Å²) in [6.07, 6.45) is 0.470. The Morgan fingerprint density at radius 3 is 2.78 bits per heavy atom. The van der Waals surface area contributed by atoms with Gasteiger partial charge in [-0.3, -0.25) is 14.7 Å². The number of aliphatic hydroxyl groups excluding tert-OH is 1. The first kappa shape index (κ1) is 18.3. The summed E-state index contributed by atoms with van der Waals surface area (Å²) in [7, 11) is 0. The van der Waals surface area contributed by atoms with Crippen molar-refractivity contribution in [3.8, 4) is 0 Å². The van der Waals surface area contributed by atoms with Gasteiger partial charge < -0.3 is 14.7 Å². The predicted octanol–water partition coefficient (Wildman–Crippen LogP) is 1.76. The maximum atomic E-state index is 13.3. The molecule has 2 aliphatic rings. The number of aryl methyl sites for hydroxylation is 2. The van der Waals surface area contributed by atoms with Gasteiger partial charge in [0.1, 0.15) is 0 Å². The summed E-state index contributed by atoms with van der Waals surface area (Å²) in [6.45, 7) is 7.98. The van der Waals surface area contributed by atoms with Crippen molar-refractivity contribution in [2.24, 2.45) is 0 Å². The molecule has 0 saturated carbocycles. The highest BCUT2D eigenvalue weighted by atomic mass is 16.5. The topological polar surface area (TPSA) is 65.9 Å². The van der Waals surface area contributed by atoms with E-state index in [2.05, 4.69) is 9.88 Å². The molecule has 1 aromatic heterocycles. The van der Waals surface area contributed by atoms with E-state index in [1.807, 2.05) is 43.0 Å². The first-order valence-corrected chi connectivity index (χ1v) is 9.70. The molecule has 0 bridgehead atoms. The van der Waals surface area contributed by atoms with Gasteiger partial charge in [-0.2, -0.15) is 0 Å². The highest BCUT2D eigenvalue weighted by molar-refractivity contribution is 6.06. The molecule has 2 aromatic rings. The van der Waals surface area contributed by atoms with Gasteiger partial charge in [0.05, 0.1) is 36.4 Å². The van der Waals surface area contributed by atoms with Gasteiger partial charge in [0, 0.05) is 37.3 Å². The summed E-state index contributed by atoms with van der Waals surface area (Å²) in [6, 6.07) is 8.01. The van der Waals surface area contributed by atoms with Crippen LogP contribution in [-0.4, -0.2) is 77.3 Å². The van der Waals surface area contributed by atoms with Gasteiger partial charge in [-0.15, -0.1) is 0 Å². The molecule has 0 aliphatic carbocycles. The van der Waals surface area contributed by atoms with Crippen molar-refractivity contribution in [2.45, 2.75) is 32.4 Å². The van der Waals surface area contributed by atoms with E-state index < -0.39 is 6.10 Å². The molecular formula is C21H27N3O3. The SMILES string of the molecule is Cc1ccc2nc(C)cc(C(=O)N3CCCN([C@@H]4COC[C@H]4O)CC3)c2c1. The molecule has 0 radical (unpaired) electrons. The zero-order valence-corrected chi connectivity index (χ0v) is 16.0. The smallest absolute Gasteiger partial charge is 0.254 e. The predicted molar refractivity (Wildman–Crippen MR) is 104 cm³/mol. The number of rotatable bonds is 2. The zero-order chi connectivity index (χ0) is 19.0. The van der Waals surface area contributed by atoms with Crippen LogP contribution in [0.25, 0.3) is 10.9 Å². The molecule has 6 heteroatoms.